The van der Waals surface area contributed by atoms with Gasteiger partial charge in [0.1, 0.15) is 6.29 Å². The first kappa shape index (κ1) is 27.2. The third-order valence-electron chi connectivity index (χ3n) is 5.32. The fourth-order valence-corrected chi connectivity index (χ4v) is 5.39. The number of aldehydes is 1. The van der Waals surface area contributed by atoms with E-state index in [1.54, 1.807) is 11.8 Å². The summed E-state index contributed by atoms with van der Waals surface area (Å²) in [6.45, 7) is 4.03. The number of nitrogens with zero attached hydrogens (tertiary/aromatic N) is 1. The number of carbonyl (C=O) groups excluding carboxylic acids is 4. The predicted octanol–water partition coefficient (Wildman–Crippen LogP) is 5.86. The first-order valence-corrected chi connectivity index (χ1v) is 13.2. The quantitative estimate of drug-likeness (QED) is 0.135. The van der Waals surface area contributed by atoms with Crippen molar-refractivity contribution in [1.29, 1.82) is 0 Å². The number of amides is 2. The molecule has 36 heavy (non-hydrogen) atoms. The molecule has 0 radical (unpaired) electrons. The van der Waals surface area contributed by atoms with Crippen LogP contribution in [0.1, 0.15) is 44.7 Å². The van der Waals surface area contributed by atoms with Gasteiger partial charge in [-0.3, -0.25) is 4.79 Å². The normalized spacial score (nSPS) is 11.5. The summed E-state index contributed by atoms with van der Waals surface area (Å²) in [7, 11) is 0. The van der Waals surface area contributed by atoms with E-state index in [0.29, 0.717) is 17.6 Å². The van der Waals surface area contributed by atoms with E-state index in [0.717, 1.165) is 20.9 Å². The summed E-state index contributed by atoms with van der Waals surface area (Å²) < 4.78 is -0.241. The monoisotopic (exact) mass is 520 g/mol. The van der Waals surface area contributed by atoms with E-state index >= 15 is 0 Å². The molecule has 0 bridgehead atoms. The van der Waals surface area contributed by atoms with Crippen molar-refractivity contribution < 1.29 is 23.9 Å². The van der Waals surface area contributed by atoms with E-state index in [2.05, 4.69) is 0 Å². The van der Waals surface area contributed by atoms with E-state index in [4.69, 9.17) is 0 Å². The fraction of sp³-hybridized carbons (Fsp3) is 0.214. The van der Waals surface area contributed by atoms with Gasteiger partial charge in [-0.1, -0.05) is 47.5 Å². The molecule has 3 rings (SSSR count). The van der Waals surface area contributed by atoms with Crippen LogP contribution < -0.4 is 0 Å². The zero-order chi connectivity index (χ0) is 26.1. The fourth-order valence-electron chi connectivity index (χ4n) is 3.23. The van der Waals surface area contributed by atoms with Gasteiger partial charge in [0.05, 0.1) is 17.2 Å². The minimum atomic E-state index is -1.02. The highest BCUT2D eigenvalue weighted by Gasteiger charge is 2.33. The molecular weight excluding hydrogens is 494 g/mol. The van der Waals surface area contributed by atoms with Crippen molar-refractivity contribution in [3.05, 3.63) is 100.0 Å². The molecule has 0 N–H and O–H groups in total. The van der Waals surface area contributed by atoms with Crippen LogP contribution in [0.3, 0.4) is 0 Å². The second-order valence-electron chi connectivity index (χ2n) is 8.18. The Kier molecular flexibility index (Phi) is 9.90. The van der Waals surface area contributed by atoms with Crippen LogP contribution in [0.2, 0.25) is 0 Å². The van der Waals surface area contributed by atoms with E-state index in [-0.39, 0.29) is 34.2 Å². The predicted molar refractivity (Wildman–Crippen MR) is 142 cm³/mol. The highest BCUT2D eigenvalue weighted by molar-refractivity contribution is 8.04. The van der Waals surface area contributed by atoms with Crippen molar-refractivity contribution in [1.82, 2.24) is 0 Å². The Bertz CT molecular complexity index is 1250. The van der Waals surface area contributed by atoms with Gasteiger partial charge in [0.15, 0.2) is 10.5 Å². The van der Waals surface area contributed by atoms with Gasteiger partial charge < -0.3 is 4.79 Å². The number of hydrogen-bond donors (Lipinski definition) is 0. The number of benzene rings is 3. The highest BCUT2D eigenvalue weighted by atomic mass is 32.2. The molecule has 0 saturated carbocycles. The number of carbonyl (C=O) groups is 4. The zero-order valence-electron chi connectivity index (χ0n) is 20.0. The SMILES string of the molecule is Cc1ccc(SCC(Sc2ccc(C)cc2)C(=O)c2ccc(C(=O)[N+](=O)C(=O)CCC=O)cc2)cc1. The van der Waals surface area contributed by atoms with Gasteiger partial charge in [-0.15, -0.1) is 23.5 Å². The average Bonchev–Trinajstić information content (AvgIpc) is 2.90. The van der Waals surface area contributed by atoms with Crippen molar-refractivity contribution in [2.75, 3.05) is 5.75 Å². The molecule has 0 heterocycles. The van der Waals surface area contributed by atoms with Crippen molar-refractivity contribution >= 4 is 47.4 Å². The molecule has 0 saturated heterocycles. The van der Waals surface area contributed by atoms with E-state index in [9.17, 15) is 24.1 Å². The summed E-state index contributed by atoms with van der Waals surface area (Å²) in [6.07, 6.45) is 0.0591. The minimum absolute atomic E-state index is 0.00206. The molecule has 0 fully saturated rings. The third kappa shape index (κ3) is 7.57. The van der Waals surface area contributed by atoms with Crippen LogP contribution in [-0.2, 0) is 9.59 Å². The summed E-state index contributed by atoms with van der Waals surface area (Å²) in [5.41, 5.74) is 2.70. The third-order valence-corrected chi connectivity index (χ3v) is 7.84. The molecule has 1 unspecified atom stereocenters. The largest absolute Gasteiger partial charge is 0.475 e. The summed E-state index contributed by atoms with van der Waals surface area (Å²) in [5.74, 6) is -1.55. The number of hydrogen-bond acceptors (Lipinski definition) is 7. The lowest BCUT2D eigenvalue weighted by Gasteiger charge is -2.16. The maximum Gasteiger partial charge on any atom is 0.475 e. The number of ketones is 1. The van der Waals surface area contributed by atoms with Gasteiger partial charge in [-0.25, -0.2) is 9.59 Å². The van der Waals surface area contributed by atoms with Crippen molar-refractivity contribution in [2.24, 2.45) is 0 Å². The Morgan fingerprint density at radius 3 is 1.89 bits per heavy atom. The molecule has 0 spiro atoms. The topological polar surface area (TPSA) is 88.4 Å². The Balaban J connectivity index is 1.76. The molecule has 3 aromatic carbocycles. The first-order valence-electron chi connectivity index (χ1n) is 11.3. The second kappa shape index (κ2) is 13.1. The maximum atomic E-state index is 13.5. The smallest absolute Gasteiger partial charge is 0.303 e. The van der Waals surface area contributed by atoms with Gasteiger partial charge in [0.25, 0.3) is 0 Å². The Hall–Kier alpha value is -3.36. The van der Waals surface area contributed by atoms with Crippen molar-refractivity contribution in [3.8, 4) is 0 Å². The molecule has 3 aromatic rings. The molecule has 8 heteroatoms. The number of rotatable bonds is 11. The number of imide groups is 1. The summed E-state index contributed by atoms with van der Waals surface area (Å²) in [5, 5.41) is -0.388. The molecular formula is C28H26NO5S2+. The van der Waals surface area contributed by atoms with Gasteiger partial charge in [-0.05, 0) is 50.2 Å². The molecule has 0 aromatic heterocycles. The molecule has 184 valence electrons. The van der Waals surface area contributed by atoms with Gasteiger partial charge >= 0.3 is 11.8 Å². The van der Waals surface area contributed by atoms with Crippen LogP contribution in [0.4, 0.5) is 0 Å². The lowest BCUT2D eigenvalue weighted by Crippen LogP contribution is -2.25. The molecule has 1 atom stereocenters. The van der Waals surface area contributed by atoms with Crippen LogP contribution in [-0.4, -0.2) is 39.6 Å². The van der Waals surface area contributed by atoms with Crippen molar-refractivity contribution in [2.45, 2.75) is 41.7 Å². The maximum absolute atomic E-state index is 13.5. The average molecular weight is 521 g/mol. The van der Waals surface area contributed by atoms with Crippen LogP contribution in [0.25, 0.3) is 0 Å². The van der Waals surface area contributed by atoms with Crippen LogP contribution >= 0.6 is 23.5 Å². The number of nitroso groups, excluding NO2 is 1. The first-order chi connectivity index (χ1) is 17.3. The summed E-state index contributed by atoms with van der Waals surface area (Å²) in [6, 6.07) is 21.8. The van der Waals surface area contributed by atoms with Gasteiger partial charge in [0, 0.05) is 32.4 Å². The lowest BCUT2D eigenvalue weighted by molar-refractivity contribution is -0.379. The second-order valence-corrected chi connectivity index (χ2v) is 10.6. The van der Waals surface area contributed by atoms with Gasteiger partial charge in [0.2, 0.25) is 0 Å². The molecule has 0 aliphatic carbocycles. The van der Waals surface area contributed by atoms with Crippen molar-refractivity contribution in [3.63, 3.8) is 0 Å². The highest BCUT2D eigenvalue weighted by Crippen LogP contribution is 2.31. The molecule has 6 nitrogen and oxygen atoms in total. The molecule has 0 aliphatic heterocycles. The van der Waals surface area contributed by atoms with Gasteiger partial charge in [-0.2, -0.15) is 0 Å². The molecule has 0 aliphatic rings. The Morgan fingerprint density at radius 1 is 0.806 bits per heavy atom. The van der Waals surface area contributed by atoms with Crippen LogP contribution in [0.5, 0.6) is 0 Å². The van der Waals surface area contributed by atoms with E-state index < -0.39 is 11.8 Å². The summed E-state index contributed by atoms with van der Waals surface area (Å²) in [4.78, 5) is 62.0. The van der Waals surface area contributed by atoms with Crippen LogP contribution in [0.15, 0.2) is 82.6 Å². The minimum Gasteiger partial charge on any atom is -0.303 e. The Labute approximate surface area is 218 Å². The number of thioether (sulfide) groups is 2. The Morgan fingerprint density at radius 2 is 1.33 bits per heavy atom. The zero-order valence-corrected chi connectivity index (χ0v) is 21.6. The standard InChI is InChI=1S/C28H26NO5S2/c1-19-5-13-23(14-6-19)35-18-25(36-24-15-7-20(2)8-16-24)27(32)21-9-11-22(12-10-21)28(33)29(34)26(31)4-3-17-30/h5-17,25H,3-4,18H2,1-2H3/q+1. The lowest BCUT2D eigenvalue weighted by atomic mass is 10.1. The number of aryl methyl sites for hydroxylation is 2. The number of Topliss-reactive ketones (excluding diaryl/α,β-unsaturated/α-hetero) is 1. The summed E-state index contributed by atoms with van der Waals surface area (Å²) >= 11 is 3.08. The van der Waals surface area contributed by atoms with E-state index in [1.807, 2.05) is 62.4 Å². The van der Waals surface area contributed by atoms with Crippen LogP contribution in [0, 0.1) is 18.8 Å². The van der Waals surface area contributed by atoms with E-state index in [1.165, 1.54) is 36.0 Å². The molecule has 2 amide bonds.